The average molecular weight is 539 g/mol. The molecule has 0 aliphatic rings. The molecule has 0 fully saturated rings. The second-order valence-electron chi connectivity index (χ2n) is 8.81. The van der Waals surface area contributed by atoms with Gasteiger partial charge in [0.15, 0.2) is 0 Å². The maximum absolute atomic E-state index is 14.4. The lowest BCUT2D eigenvalue weighted by Gasteiger charge is -2.32. The van der Waals surface area contributed by atoms with E-state index >= 15 is 0 Å². The maximum Gasteiger partial charge on any atom is 0.271 e. The van der Waals surface area contributed by atoms with Gasteiger partial charge in [-0.2, -0.15) is 0 Å². The predicted octanol–water partition coefficient (Wildman–Crippen LogP) is 2.70. The van der Waals surface area contributed by atoms with Gasteiger partial charge in [-0.3, -0.25) is 24.0 Å². The van der Waals surface area contributed by atoms with Crippen LogP contribution in [-0.4, -0.2) is 62.6 Å². The third-order valence-electron chi connectivity index (χ3n) is 5.47. The summed E-state index contributed by atoms with van der Waals surface area (Å²) in [5.41, 5.74) is -0.518. The lowest BCUT2D eigenvalue weighted by atomic mass is 10.1. The van der Waals surface area contributed by atoms with Crippen molar-refractivity contribution in [2.45, 2.75) is 33.4 Å². The zero-order chi connectivity index (χ0) is 27.9. The van der Waals surface area contributed by atoms with E-state index in [0.717, 1.165) is 23.3 Å². The summed E-state index contributed by atoms with van der Waals surface area (Å²) in [6, 6.07) is 7.95. The van der Waals surface area contributed by atoms with Crippen LogP contribution in [0.5, 0.6) is 5.75 Å². The Morgan fingerprint density at radius 2 is 1.81 bits per heavy atom. The number of nitro benzene ring substituents is 1. The van der Waals surface area contributed by atoms with Crippen LogP contribution >= 0.6 is 0 Å². The maximum atomic E-state index is 14.4. The molecule has 0 bridgehead atoms. The van der Waals surface area contributed by atoms with Gasteiger partial charge in [0, 0.05) is 30.8 Å². The van der Waals surface area contributed by atoms with Crippen molar-refractivity contribution in [1.29, 1.82) is 0 Å². The van der Waals surface area contributed by atoms with Crippen molar-refractivity contribution in [2.75, 3.05) is 30.8 Å². The van der Waals surface area contributed by atoms with Crippen LogP contribution in [0.3, 0.4) is 0 Å². The van der Waals surface area contributed by atoms with Crippen LogP contribution in [0.25, 0.3) is 0 Å². The minimum absolute atomic E-state index is 0.0211. The number of methoxy groups -OCH3 is 1. The largest absolute Gasteiger partial charge is 0.495 e. The summed E-state index contributed by atoms with van der Waals surface area (Å²) < 4.78 is 45.7. The van der Waals surface area contributed by atoms with Crippen LogP contribution in [0.2, 0.25) is 0 Å². The van der Waals surface area contributed by atoms with Gasteiger partial charge in [-0.25, -0.2) is 12.8 Å². The van der Waals surface area contributed by atoms with E-state index in [0.29, 0.717) is 10.8 Å². The van der Waals surface area contributed by atoms with Crippen molar-refractivity contribution in [1.82, 2.24) is 10.2 Å². The predicted molar refractivity (Wildman–Crippen MR) is 136 cm³/mol. The summed E-state index contributed by atoms with van der Waals surface area (Å²) in [5.74, 6) is -1.82. The summed E-state index contributed by atoms with van der Waals surface area (Å²) >= 11 is 0. The highest BCUT2D eigenvalue weighted by molar-refractivity contribution is 7.92. The molecule has 0 spiro atoms. The van der Waals surface area contributed by atoms with Crippen molar-refractivity contribution in [3.05, 3.63) is 64.0 Å². The molecule has 0 saturated heterocycles. The number of rotatable bonds is 12. The third-order valence-corrected chi connectivity index (χ3v) is 6.60. The topological polar surface area (TPSA) is 139 Å². The van der Waals surface area contributed by atoms with E-state index in [4.69, 9.17) is 4.74 Å². The van der Waals surface area contributed by atoms with E-state index in [2.05, 4.69) is 5.32 Å². The first kappa shape index (κ1) is 29.5. The number of carbonyl (C=O) groups is 2. The van der Waals surface area contributed by atoms with Gasteiger partial charge in [-0.1, -0.05) is 32.0 Å². The number of halogens is 1. The van der Waals surface area contributed by atoms with Crippen LogP contribution in [0.4, 0.5) is 15.8 Å². The molecular weight excluding hydrogens is 507 g/mol. The van der Waals surface area contributed by atoms with Gasteiger partial charge in [0.05, 0.1) is 18.3 Å². The highest BCUT2D eigenvalue weighted by Gasteiger charge is 2.32. The smallest absolute Gasteiger partial charge is 0.271 e. The summed E-state index contributed by atoms with van der Waals surface area (Å²) in [4.78, 5) is 38.0. The standard InChI is InChI=1S/C24H31FN4O7S/c1-16(2)13-26-24(31)17(3)27(14-18-8-6-7-9-20(18)25)23(30)15-28(37(5,34)35)21-12-19(29(32)33)10-11-22(21)36-4/h6-12,16-17H,13-15H2,1-5H3,(H,26,31). The number of amides is 2. The summed E-state index contributed by atoms with van der Waals surface area (Å²) in [6.07, 6.45) is 0.832. The first-order chi connectivity index (χ1) is 17.3. The molecule has 0 aliphatic heterocycles. The Kier molecular flexibility index (Phi) is 9.95. The fourth-order valence-corrected chi connectivity index (χ4v) is 4.27. The fourth-order valence-electron chi connectivity index (χ4n) is 3.43. The highest BCUT2D eigenvalue weighted by atomic mass is 32.2. The van der Waals surface area contributed by atoms with Crippen LogP contribution in [-0.2, 0) is 26.2 Å². The van der Waals surface area contributed by atoms with E-state index in [1.807, 2.05) is 13.8 Å². The molecule has 1 atom stereocenters. The van der Waals surface area contributed by atoms with E-state index in [1.165, 1.54) is 38.3 Å². The average Bonchev–Trinajstić information content (AvgIpc) is 2.83. The molecule has 13 heteroatoms. The molecule has 1 unspecified atom stereocenters. The van der Waals surface area contributed by atoms with Crippen LogP contribution < -0.4 is 14.4 Å². The normalized spacial score (nSPS) is 12.1. The molecule has 2 amide bonds. The zero-order valence-electron chi connectivity index (χ0n) is 21.3. The van der Waals surface area contributed by atoms with Gasteiger partial charge in [0.25, 0.3) is 5.69 Å². The number of hydrogen-bond acceptors (Lipinski definition) is 7. The monoisotopic (exact) mass is 538 g/mol. The first-order valence-corrected chi connectivity index (χ1v) is 13.2. The third kappa shape index (κ3) is 7.87. The number of anilines is 1. The van der Waals surface area contributed by atoms with E-state index in [1.54, 1.807) is 6.07 Å². The van der Waals surface area contributed by atoms with Gasteiger partial charge >= 0.3 is 0 Å². The Morgan fingerprint density at radius 1 is 1.16 bits per heavy atom. The molecule has 2 aromatic rings. The fraction of sp³-hybridized carbons (Fsp3) is 0.417. The summed E-state index contributed by atoms with van der Waals surface area (Å²) in [7, 11) is -2.91. The molecule has 0 heterocycles. The number of nitrogens with one attached hydrogen (secondary N) is 1. The lowest BCUT2D eigenvalue weighted by Crippen LogP contribution is -2.51. The van der Waals surface area contributed by atoms with Crippen molar-refractivity contribution < 1.29 is 32.1 Å². The van der Waals surface area contributed by atoms with Crippen molar-refractivity contribution >= 4 is 33.2 Å². The summed E-state index contributed by atoms with van der Waals surface area (Å²) in [6.45, 7) is 4.45. The van der Waals surface area contributed by atoms with Crippen molar-refractivity contribution in [2.24, 2.45) is 5.92 Å². The highest BCUT2D eigenvalue weighted by Crippen LogP contribution is 2.34. The Bertz CT molecular complexity index is 1250. The number of nitro groups is 1. The van der Waals surface area contributed by atoms with Gasteiger partial charge in [-0.15, -0.1) is 0 Å². The van der Waals surface area contributed by atoms with E-state index in [-0.39, 0.29) is 29.5 Å². The van der Waals surface area contributed by atoms with Crippen LogP contribution in [0.15, 0.2) is 42.5 Å². The second kappa shape index (κ2) is 12.5. The summed E-state index contributed by atoms with van der Waals surface area (Å²) in [5, 5.41) is 14.0. The second-order valence-corrected chi connectivity index (χ2v) is 10.7. The molecule has 0 aromatic heterocycles. The van der Waals surface area contributed by atoms with Crippen LogP contribution in [0, 0.1) is 21.8 Å². The number of ether oxygens (including phenoxy) is 1. The SMILES string of the molecule is COc1ccc([N+](=O)[O-])cc1N(CC(=O)N(Cc1ccccc1F)C(C)C(=O)NCC(C)C)S(C)(=O)=O. The number of non-ortho nitro benzene ring substituents is 1. The van der Waals surface area contributed by atoms with Gasteiger partial charge in [0.2, 0.25) is 21.8 Å². The van der Waals surface area contributed by atoms with Gasteiger partial charge in [0.1, 0.15) is 29.8 Å². The minimum atomic E-state index is -4.16. The Labute approximate surface area is 215 Å². The number of nitrogens with zero attached hydrogens (tertiary/aromatic N) is 3. The zero-order valence-corrected chi connectivity index (χ0v) is 22.1. The first-order valence-electron chi connectivity index (χ1n) is 11.4. The van der Waals surface area contributed by atoms with Crippen LogP contribution in [0.1, 0.15) is 26.3 Å². The van der Waals surface area contributed by atoms with Gasteiger partial charge in [-0.05, 0) is 25.0 Å². The quantitative estimate of drug-likeness (QED) is 0.324. The molecule has 1 N–H and O–H groups in total. The van der Waals surface area contributed by atoms with Crippen molar-refractivity contribution in [3.8, 4) is 5.75 Å². The molecule has 2 rings (SSSR count). The Morgan fingerprint density at radius 3 is 2.35 bits per heavy atom. The van der Waals surface area contributed by atoms with E-state index < -0.39 is 50.9 Å². The molecule has 0 aliphatic carbocycles. The number of benzene rings is 2. The molecular formula is C24H31FN4O7S. The van der Waals surface area contributed by atoms with Gasteiger partial charge < -0.3 is 15.0 Å². The Hall–Kier alpha value is -3.74. The number of carbonyl (C=O) groups excluding carboxylic acids is 2. The van der Waals surface area contributed by atoms with Crippen molar-refractivity contribution in [3.63, 3.8) is 0 Å². The molecule has 202 valence electrons. The molecule has 11 nitrogen and oxygen atoms in total. The lowest BCUT2D eigenvalue weighted by molar-refractivity contribution is -0.384. The molecule has 0 saturated carbocycles. The number of hydrogen-bond donors (Lipinski definition) is 1. The molecule has 37 heavy (non-hydrogen) atoms. The minimum Gasteiger partial charge on any atom is -0.495 e. The molecule has 2 aromatic carbocycles. The Balaban J connectivity index is 2.51. The number of sulfonamides is 1. The van der Waals surface area contributed by atoms with E-state index in [9.17, 15) is 32.5 Å². The molecule has 0 radical (unpaired) electrons.